The number of hydrogen-bond acceptors (Lipinski definition) is 4. The smallest absolute Gasteiger partial charge is 0.149 e. The topological polar surface area (TPSA) is 38.7 Å². The fourth-order valence-electron chi connectivity index (χ4n) is 1.14. The van der Waals surface area contributed by atoms with Crippen LogP contribution in [0.15, 0.2) is 24.5 Å². The van der Waals surface area contributed by atoms with E-state index in [-0.39, 0.29) is 0 Å². The van der Waals surface area contributed by atoms with E-state index in [1.54, 1.807) is 23.7 Å². The van der Waals surface area contributed by atoms with E-state index in [1.165, 1.54) is 0 Å². The third kappa shape index (κ3) is 2.41. The number of pyridine rings is 1. The van der Waals surface area contributed by atoms with E-state index >= 15 is 0 Å². The third-order valence-corrected chi connectivity index (χ3v) is 4.45. The Morgan fingerprint density at radius 2 is 2.33 bits per heavy atom. The Kier molecular flexibility index (Phi) is 3.43. The Morgan fingerprint density at radius 1 is 1.47 bits per heavy atom. The normalized spacial score (nSPS) is 12.7. The molecule has 0 aromatic carbocycles. The second-order valence-electron chi connectivity index (χ2n) is 3.06. The summed E-state index contributed by atoms with van der Waals surface area (Å²) in [5.74, 6) is 0. The van der Waals surface area contributed by atoms with Gasteiger partial charge in [-0.25, -0.2) is 0 Å². The van der Waals surface area contributed by atoms with Gasteiger partial charge in [-0.1, -0.05) is 34.2 Å². The van der Waals surface area contributed by atoms with Crippen LogP contribution in [0, 0.1) is 0 Å². The Balaban J connectivity index is 2.28. The van der Waals surface area contributed by atoms with Crippen LogP contribution < -0.4 is 0 Å². The maximum absolute atomic E-state index is 4.16. The van der Waals surface area contributed by atoms with Crippen LogP contribution in [0.4, 0.5) is 0 Å². The van der Waals surface area contributed by atoms with Crippen molar-refractivity contribution in [3.05, 3.63) is 29.5 Å². The van der Waals surface area contributed by atoms with Gasteiger partial charge in [0, 0.05) is 18.0 Å². The van der Waals surface area contributed by atoms with Gasteiger partial charge in [0.2, 0.25) is 0 Å². The van der Waals surface area contributed by atoms with Crippen molar-refractivity contribution in [1.82, 2.24) is 15.2 Å². The molecule has 0 radical (unpaired) electrons. The molecule has 0 N–H and O–H groups in total. The molecule has 2 rings (SSSR count). The van der Waals surface area contributed by atoms with Gasteiger partial charge in [-0.3, -0.25) is 4.98 Å². The largest absolute Gasteiger partial charge is 0.264 e. The molecule has 2 aromatic rings. The molecule has 0 saturated heterocycles. The van der Waals surface area contributed by atoms with Gasteiger partial charge in [0.1, 0.15) is 10.0 Å². The molecule has 0 aliphatic heterocycles. The van der Waals surface area contributed by atoms with Gasteiger partial charge in [-0.15, -0.1) is 10.2 Å². The van der Waals surface area contributed by atoms with Crippen LogP contribution in [0.5, 0.6) is 0 Å². The van der Waals surface area contributed by atoms with Gasteiger partial charge in [-0.2, -0.15) is 0 Å². The van der Waals surface area contributed by atoms with Crippen molar-refractivity contribution in [3.8, 4) is 10.6 Å². The quantitative estimate of drug-likeness (QED) is 0.810. The third-order valence-electron chi connectivity index (χ3n) is 1.98. The molecule has 5 heteroatoms. The molecule has 15 heavy (non-hydrogen) atoms. The van der Waals surface area contributed by atoms with Gasteiger partial charge in [0.05, 0.1) is 4.83 Å². The first kappa shape index (κ1) is 10.7. The molecule has 2 heterocycles. The minimum absolute atomic E-state index is 0.306. The van der Waals surface area contributed by atoms with Gasteiger partial charge in [0.25, 0.3) is 0 Å². The maximum atomic E-state index is 4.16. The van der Waals surface area contributed by atoms with Crippen molar-refractivity contribution >= 4 is 27.3 Å². The van der Waals surface area contributed by atoms with Crippen molar-refractivity contribution in [2.45, 2.75) is 18.2 Å². The van der Waals surface area contributed by atoms with Crippen LogP contribution in [0.3, 0.4) is 0 Å². The molecule has 1 unspecified atom stereocenters. The predicted molar refractivity (Wildman–Crippen MR) is 65.1 cm³/mol. The SMILES string of the molecule is CCC(Br)c1nnc(-c2cccnc2)s1. The zero-order valence-electron chi connectivity index (χ0n) is 8.22. The summed E-state index contributed by atoms with van der Waals surface area (Å²) in [4.78, 5) is 4.37. The van der Waals surface area contributed by atoms with Gasteiger partial charge in [0.15, 0.2) is 0 Å². The molecule has 0 bridgehead atoms. The summed E-state index contributed by atoms with van der Waals surface area (Å²) in [6.45, 7) is 2.12. The van der Waals surface area contributed by atoms with Crippen LogP contribution in [0.1, 0.15) is 23.2 Å². The highest BCUT2D eigenvalue weighted by molar-refractivity contribution is 9.09. The zero-order valence-corrected chi connectivity index (χ0v) is 10.6. The lowest BCUT2D eigenvalue weighted by Gasteiger charge is -1.97. The number of rotatable bonds is 3. The molecule has 0 aliphatic carbocycles. The Labute approximate surface area is 101 Å². The molecule has 0 fully saturated rings. The highest BCUT2D eigenvalue weighted by Gasteiger charge is 2.12. The van der Waals surface area contributed by atoms with Crippen molar-refractivity contribution in [3.63, 3.8) is 0 Å². The van der Waals surface area contributed by atoms with Crippen molar-refractivity contribution < 1.29 is 0 Å². The number of halogens is 1. The fraction of sp³-hybridized carbons (Fsp3) is 0.300. The molecule has 3 nitrogen and oxygen atoms in total. The molecule has 78 valence electrons. The summed E-state index contributed by atoms with van der Waals surface area (Å²) in [6, 6.07) is 3.90. The highest BCUT2D eigenvalue weighted by atomic mass is 79.9. The lowest BCUT2D eigenvalue weighted by Crippen LogP contribution is -1.84. The lowest BCUT2D eigenvalue weighted by atomic mass is 10.3. The van der Waals surface area contributed by atoms with Crippen LogP contribution in [0.25, 0.3) is 10.6 Å². The molecule has 0 amide bonds. The second-order valence-corrected chi connectivity index (χ2v) is 5.18. The van der Waals surface area contributed by atoms with Gasteiger partial charge >= 0.3 is 0 Å². The molecular weight excluding hydrogens is 274 g/mol. The van der Waals surface area contributed by atoms with E-state index < -0.39 is 0 Å². The summed E-state index contributed by atoms with van der Waals surface area (Å²) in [6.07, 6.45) is 4.58. The fourth-order valence-corrected chi connectivity index (χ4v) is 2.41. The molecule has 1 atom stereocenters. The minimum atomic E-state index is 0.306. The van der Waals surface area contributed by atoms with E-state index in [4.69, 9.17) is 0 Å². The number of nitrogens with zero attached hydrogens (tertiary/aromatic N) is 3. The predicted octanol–water partition coefficient (Wildman–Crippen LogP) is 3.45. The zero-order chi connectivity index (χ0) is 10.7. The maximum Gasteiger partial charge on any atom is 0.149 e. The number of hydrogen-bond donors (Lipinski definition) is 0. The van der Waals surface area contributed by atoms with E-state index in [2.05, 4.69) is 38.0 Å². The van der Waals surface area contributed by atoms with Gasteiger partial charge < -0.3 is 0 Å². The highest BCUT2D eigenvalue weighted by Crippen LogP contribution is 2.32. The van der Waals surface area contributed by atoms with Gasteiger partial charge in [-0.05, 0) is 18.6 Å². The van der Waals surface area contributed by atoms with Crippen molar-refractivity contribution in [1.29, 1.82) is 0 Å². The monoisotopic (exact) mass is 283 g/mol. The molecular formula is C10H10BrN3S. The van der Waals surface area contributed by atoms with E-state index in [9.17, 15) is 0 Å². The Hall–Kier alpha value is -0.810. The summed E-state index contributed by atoms with van der Waals surface area (Å²) in [5, 5.41) is 10.3. The summed E-state index contributed by atoms with van der Waals surface area (Å²) >= 11 is 5.17. The van der Waals surface area contributed by atoms with Crippen LogP contribution in [-0.2, 0) is 0 Å². The first-order valence-electron chi connectivity index (χ1n) is 4.69. The van der Waals surface area contributed by atoms with E-state index in [0.29, 0.717) is 4.83 Å². The average molecular weight is 284 g/mol. The number of aromatic nitrogens is 3. The van der Waals surface area contributed by atoms with Crippen LogP contribution in [0.2, 0.25) is 0 Å². The van der Waals surface area contributed by atoms with Crippen LogP contribution in [-0.4, -0.2) is 15.2 Å². The summed E-state index contributed by atoms with van der Waals surface area (Å²) in [7, 11) is 0. The molecule has 0 spiro atoms. The minimum Gasteiger partial charge on any atom is -0.264 e. The first-order valence-corrected chi connectivity index (χ1v) is 6.42. The Bertz CT molecular complexity index is 429. The summed E-state index contributed by atoms with van der Waals surface area (Å²) < 4.78 is 0. The van der Waals surface area contributed by atoms with E-state index in [1.807, 2.05) is 12.1 Å². The molecule has 0 aliphatic rings. The molecule has 2 aromatic heterocycles. The van der Waals surface area contributed by atoms with Crippen LogP contribution >= 0.6 is 27.3 Å². The standard InChI is InChI=1S/C10H10BrN3S/c1-2-8(11)10-14-13-9(15-10)7-4-3-5-12-6-7/h3-6,8H,2H2,1H3. The van der Waals surface area contributed by atoms with E-state index in [0.717, 1.165) is 22.0 Å². The van der Waals surface area contributed by atoms with Crippen molar-refractivity contribution in [2.75, 3.05) is 0 Å². The van der Waals surface area contributed by atoms with Crippen molar-refractivity contribution in [2.24, 2.45) is 0 Å². The summed E-state index contributed by atoms with van der Waals surface area (Å²) in [5.41, 5.74) is 1.03. The second kappa shape index (κ2) is 4.81. The first-order chi connectivity index (χ1) is 7.31. The number of alkyl halides is 1. The molecule has 0 saturated carbocycles. The Morgan fingerprint density at radius 3 is 3.00 bits per heavy atom. The average Bonchev–Trinajstić information content (AvgIpc) is 2.78. The lowest BCUT2D eigenvalue weighted by molar-refractivity contribution is 0.870.